The van der Waals surface area contributed by atoms with Gasteiger partial charge in [-0.2, -0.15) is 5.10 Å². The Labute approximate surface area is 90.1 Å². The predicted octanol–water partition coefficient (Wildman–Crippen LogP) is 0.534. The molecule has 1 unspecified atom stereocenters. The minimum absolute atomic E-state index is 0.221. The number of aryl methyl sites for hydroxylation is 1. The van der Waals surface area contributed by atoms with Crippen LogP contribution in [0.25, 0.3) is 0 Å². The van der Waals surface area contributed by atoms with Crippen molar-refractivity contribution in [3.8, 4) is 0 Å². The maximum atomic E-state index is 9.70. The van der Waals surface area contributed by atoms with Crippen LogP contribution in [-0.2, 0) is 18.2 Å². The smallest absolute Gasteiger partial charge is 0.138 e. The van der Waals surface area contributed by atoms with E-state index < -0.39 is 6.10 Å². The molecule has 1 aromatic heterocycles. The van der Waals surface area contributed by atoms with E-state index >= 15 is 0 Å². The average molecular weight is 213 g/mol. The number of hydrogen-bond donors (Lipinski definition) is 1. The summed E-state index contributed by atoms with van der Waals surface area (Å²) >= 11 is 0. The molecule has 0 fully saturated rings. The number of rotatable bonds is 4. The molecule has 5 heteroatoms. The third kappa shape index (κ3) is 4.40. The molecule has 0 amide bonds. The summed E-state index contributed by atoms with van der Waals surface area (Å²) < 4.78 is 7.13. The van der Waals surface area contributed by atoms with Gasteiger partial charge in [-0.05, 0) is 20.8 Å². The first kappa shape index (κ1) is 12.1. The summed E-state index contributed by atoms with van der Waals surface area (Å²) in [6.45, 7) is 6.20. The van der Waals surface area contributed by atoms with E-state index in [1.807, 2.05) is 20.8 Å². The van der Waals surface area contributed by atoms with Crippen LogP contribution >= 0.6 is 0 Å². The molecular formula is C10H19N3O2. The number of aliphatic hydroxyl groups excluding tert-OH is 1. The van der Waals surface area contributed by atoms with E-state index in [0.29, 0.717) is 13.0 Å². The van der Waals surface area contributed by atoms with E-state index in [9.17, 15) is 5.11 Å². The van der Waals surface area contributed by atoms with Gasteiger partial charge in [0.15, 0.2) is 0 Å². The van der Waals surface area contributed by atoms with Crippen molar-refractivity contribution in [2.45, 2.75) is 38.9 Å². The molecule has 0 aliphatic heterocycles. The van der Waals surface area contributed by atoms with Gasteiger partial charge in [0.05, 0.1) is 18.3 Å². The molecule has 1 rings (SSSR count). The minimum Gasteiger partial charge on any atom is -0.390 e. The first-order valence-electron chi connectivity index (χ1n) is 5.03. The van der Waals surface area contributed by atoms with Crippen LogP contribution in [0.15, 0.2) is 6.33 Å². The zero-order valence-electron chi connectivity index (χ0n) is 9.77. The fourth-order valence-electron chi connectivity index (χ4n) is 1.12. The Morgan fingerprint density at radius 1 is 1.53 bits per heavy atom. The monoisotopic (exact) mass is 213 g/mol. The van der Waals surface area contributed by atoms with Crippen molar-refractivity contribution in [3.05, 3.63) is 12.2 Å². The van der Waals surface area contributed by atoms with Gasteiger partial charge >= 0.3 is 0 Å². The summed E-state index contributed by atoms with van der Waals surface area (Å²) in [6, 6.07) is 0. The Hall–Kier alpha value is -0.940. The number of aromatic nitrogens is 3. The Kier molecular flexibility index (Phi) is 3.82. The van der Waals surface area contributed by atoms with E-state index in [-0.39, 0.29) is 5.60 Å². The van der Waals surface area contributed by atoms with Gasteiger partial charge < -0.3 is 9.84 Å². The van der Waals surface area contributed by atoms with Gasteiger partial charge in [-0.1, -0.05) is 0 Å². The molecule has 0 radical (unpaired) electrons. The van der Waals surface area contributed by atoms with Crippen molar-refractivity contribution < 1.29 is 9.84 Å². The maximum Gasteiger partial charge on any atom is 0.138 e. The van der Waals surface area contributed by atoms with Gasteiger partial charge in [0, 0.05) is 13.5 Å². The number of aliphatic hydroxyl groups is 1. The maximum absolute atomic E-state index is 9.70. The molecule has 0 aliphatic carbocycles. The van der Waals surface area contributed by atoms with Crippen LogP contribution in [0.5, 0.6) is 0 Å². The van der Waals surface area contributed by atoms with Gasteiger partial charge in [-0.15, -0.1) is 0 Å². The molecule has 0 aromatic carbocycles. The number of hydrogen-bond acceptors (Lipinski definition) is 4. The first-order chi connectivity index (χ1) is 6.88. The van der Waals surface area contributed by atoms with E-state index in [1.54, 1.807) is 11.7 Å². The van der Waals surface area contributed by atoms with Crippen LogP contribution < -0.4 is 0 Å². The zero-order chi connectivity index (χ0) is 11.5. The van der Waals surface area contributed by atoms with Crippen LogP contribution in [0.1, 0.15) is 26.6 Å². The lowest BCUT2D eigenvalue weighted by Gasteiger charge is -2.21. The molecule has 0 spiro atoms. The quantitative estimate of drug-likeness (QED) is 0.792. The average Bonchev–Trinajstić information content (AvgIpc) is 2.47. The molecular weight excluding hydrogens is 194 g/mol. The zero-order valence-corrected chi connectivity index (χ0v) is 9.77. The van der Waals surface area contributed by atoms with Gasteiger partial charge in [0.25, 0.3) is 0 Å². The molecule has 0 aliphatic rings. The SMILES string of the molecule is Cn1ncnc1CC(O)COC(C)(C)C. The molecule has 1 atom stereocenters. The molecule has 0 saturated heterocycles. The largest absolute Gasteiger partial charge is 0.390 e. The van der Waals surface area contributed by atoms with E-state index in [2.05, 4.69) is 10.1 Å². The molecule has 0 saturated carbocycles. The molecule has 0 bridgehead atoms. The van der Waals surface area contributed by atoms with Crippen molar-refractivity contribution in [3.63, 3.8) is 0 Å². The third-order valence-electron chi connectivity index (χ3n) is 1.93. The third-order valence-corrected chi connectivity index (χ3v) is 1.93. The molecule has 1 N–H and O–H groups in total. The first-order valence-corrected chi connectivity index (χ1v) is 5.03. The van der Waals surface area contributed by atoms with Crippen LogP contribution in [-0.4, -0.2) is 38.2 Å². The number of ether oxygens (including phenoxy) is 1. The fourth-order valence-corrected chi connectivity index (χ4v) is 1.12. The second kappa shape index (κ2) is 4.72. The van der Waals surface area contributed by atoms with Crippen LogP contribution in [0, 0.1) is 0 Å². The van der Waals surface area contributed by atoms with Crippen LogP contribution in [0.4, 0.5) is 0 Å². The second-order valence-electron chi connectivity index (χ2n) is 4.58. The summed E-state index contributed by atoms with van der Waals surface area (Å²) in [5, 5.41) is 13.6. The summed E-state index contributed by atoms with van der Waals surface area (Å²) in [6.07, 6.45) is 1.41. The highest BCUT2D eigenvalue weighted by atomic mass is 16.5. The topological polar surface area (TPSA) is 60.2 Å². The van der Waals surface area contributed by atoms with Crippen molar-refractivity contribution in [2.24, 2.45) is 7.05 Å². The Morgan fingerprint density at radius 2 is 2.20 bits per heavy atom. The Balaban J connectivity index is 2.37. The van der Waals surface area contributed by atoms with Crippen molar-refractivity contribution in [2.75, 3.05) is 6.61 Å². The predicted molar refractivity (Wildman–Crippen MR) is 56.4 cm³/mol. The lowest BCUT2D eigenvalue weighted by molar-refractivity contribution is -0.0488. The molecule has 86 valence electrons. The van der Waals surface area contributed by atoms with Crippen molar-refractivity contribution in [1.82, 2.24) is 14.8 Å². The summed E-state index contributed by atoms with van der Waals surface area (Å²) in [5.41, 5.74) is -0.221. The highest BCUT2D eigenvalue weighted by molar-refractivity contribution is 4.86. The second-order valence-corrected chi connectivity index (χ2v) is 4.58. The van der Waals surface area contributed by atoms with E-state index in [4.69, 9.17) is 4.74 Å². The molecule has 15 heavy (non-hydrogen) atoms. The highest BCUT2D eigenvalue weighted by Crippen LogP contribution is 2.08. The minimum atomic E-state index is -0.535. The normalized spacial score (nSPS) is 14.2. The van der Waals surface area contributed by atoms with Gasteiger partial charge in [0.2, 0.25) is 0 Å². The van der Waals surface area contributed by atoms with E-state index in [1.165, 1.54) is 6.33 Å². The number of nitrogens with zero attached hydrogens (tertiary/aromatic N) is 3. The van der Waals surface area contributed by atoms with Crippen molar-refractivity contribution in [1.29, 1.82) is 0 Å². The van der Waals surface area contributed by atoms with Gasteiger partial charge in [0.1, 0.15) is 12.2 Å². The Morgan fingerprint density at radius 3 is 2.67 bits per heavy atom. The summed E-state index contributed by atoms with van der Waals surface area (Å²) in [7, 11) is 1.81. The Bertz CT molecular complexity index is 304. The molecule has 1 aromatic rings. The fraction of sp³-hybridized carbons (Fsp3) is 0.800. The standard InChI is InChI=1S/C10H19N3O2/c1-10(2,3)15-6-8(14)5-9-11-7-12-13(9)4/h7-8,14H,5-6H2,1-4H3. The van der Waals surface area contributed by atoms with Crippen LogP contribution in [0.3, 0.4) is 0 Å². The van der Waals surface area contributed by atoms with Gasteiger partial charge in [-0.25, -0.2) is 4.98 Å². The highest BCUT2D eigenvalue weighted by Gasteiger charge is 2.15. The van der Waals surface area contributed by atoms with Crippen molar-refractivity contribution >= 4 is 0 Å². The van der Waals surface area contributed by atoms with Crippen LogP contribution in [0.2, 0.25) is 0 Å². The summed E-state index contributed by atoms with van der Waals surface area (Å²) in [5.74, 6) is 0.764. The van der Waals surface area contributed by atoms with Gasteiger partial charge in [-0.3, -0.25) is 4.68 Å². The molecule has 5 nitrogen and oxygen atoms in total. The van der Waals surface area contributed by atoms with E-state index in [0.717, 1.165) is 5.82 Å². The molecule has 1 heterocycles. The summed E-state index contributed by atoms with van der Waals surface area (Å²) in [4.78, 5) is 4.04. The lowest BCUT2D eigenvalue weighted by Crippen LogP contribution is -2.28. The lowest BCUT2D eigenvalue weighted by atomic mass is 10.2.